The van der Waals surface area contributed by atoms with E-state index in [1.165, 1.54) is 12.1 Å². The molecule has 140 valence electrons. The van der Waals surface area contributed by atoms with E-state index in [-0.39, 0.29) is 24.5 Å². The van der Waals surface area contributed by atoms with Crippen molar-refractivity contribution < 1.29 is 14.2 Å². The summed E-state index contributed by atoms with van der Waals surface area (Å²) in [6.45, 7) is 3.61. The normalized spacial score (nSPS) is 25.2. The molecule has 3 atom stereocenters. The Morgan fingerprint density at radius 2 is 2.15 bits per heavy atom. The van der Waals surface area contributed by atoms with Gasteiger partial charge in [0.15, 0.2) is 0 Å². The van der Waals surface area contributed by atoms with E-state index in [1.54, 1.807) is 30.7 Å². The molecule has 2 aromatic rings. The van der Waals surface area contributed by atoms with Gasteiger partial charge in [0.05, 0.1) is 43.3 Å². The van der Waals surface area contributed by atoms with Gasteiger partial charge in [0.1, 0.15) is 5.82 Å². The highest BCUT2D eigenvalue weighted by atomic mass is 19.1. The van der Waals surface area contributed by atoms with Crippen LogP contribution in [0.4, 0.5) is 4.39 Å². The highest BCUT2D eigenvalue weighted by Crippen LogP contribution is 2.25. The van der Waals surface area contributed by atoms with Crippen LogP contribution in [0, 0.1) is 5.82 Å². The van der Waals surface area contributed by atoms with Crippen molar-refractivity contribution in [3.63, 3.8) is 0 Å². The second-order valence-corrected chi connectivity index (χ2v) is 6.85. The average molecular weight is 360 g/mol. The average Bonchev–Trinajstić information content (AvgIpc) is 2.67. The van der Waals surface area contributed by atoms with Gasteiger partial charge in [-0.25, -0.2) is 4.39 Å². The number of likely N-dealkylation sites (N-methyl/N-ethyl adjacent to an activating group) is 1. The molecular weight excluding hydrogens is 335 g/mol. The molecule has 1 aliphatic rings. The Morgan fingerprint density at radius 3 is 2.81 bits per heavy atom. The lowest BCUT2D eigenvalue weighted by Gasteiger charge is -2.48. The van der Waals surface area contributed by atoms with Gasteiger partial charge in [0.25, 0.3) is 0 Å². The van der Waals surface area contributed by atoms with Gasteiger partial charge >= 0.3 is 0 Å². The molecule has 1 saturated heterocycles. The zero-order chi connectivity index (χ0) is 18.6. The topological polar surface area (TPSA) is 70.5 Å². The SMILES string of the molecule is C[C@@H]1COC[C@@](CO)(CNC(c2ccc(F)cc2)c2cnccn2)N1C. The number of nitrogens with zero attached hydrogens (tertiary/aromatic N) is 3. The predicted molar refractivity (Wildman–Crippen MR) is 96.1 cm³/mol. The summed E-state index contributed by atoms with van der Waals surface area (Å²) in [6.07, 6.45) is 4.94. The molecule has 0 saturated carbocycles. The second-order valence-electron chi connectivity index (χ2n) is 6.85. The first-order valence-corrected chi connectivity index (χ1v) is 8.72. The van der Waals surface area contributed by atoms with Gasteiger partial charge in [-0.05, 0) is 31.7 Å². The van der Waals surface area contributed by atoms with Gasteiger partial charge in [0, 0.05) is 25.0 Å². The third kappa shape index (κ3) is 3.91. The summed E-state index contributed by atoms with van der Waals surface area (Å²) < 4.78 is 19.0. The summed E-state index contributed by atoms with van der Waals surface area (Å²) >= 11 is 0. The molecule has 0 bridgehead atoms. The van der Waals surface area contributed by atoms with Gasteiger partial charge < -0.3 is 15.2 Å². The third-order valence-corrected chi connectivity index (χ3v) is 5.15. The minimum Gasteiger partial charge on any atom is -0.394 e. The highest BCUT2D eigenvalue weighted by molar-refractivity contribution is 5.27. The first-order chi connectivity index (χ1) is 12.6. The summed E-state index contributed by atoms with van der Waals surface area (Å²) in [5.41, 5.74) is 1.09. The lowest BCUT2D eigenvalue weighted by atomic mass is 9.94. The van der Waals surface area contributed by atoms with Crippen LogP contribution in [-0.4, -0.2) is 65.0 Å². The number of morpholine rings is 1. The lowest BCUT2D eigenvalue weighted by molar-refractivity contribution is -0.106. The number of benzene rings is 1. The fourth-order valence-electron chi connectivity index (χ4n) is 3.29. The van der Waals surface area contributed by atoms with Crippen LogP contribution in [0.25, 0.3) is 0 Å². The molecule has 1 aromatic carbocycles. The number of aromatic nitrogens is 2. The van der Waals surface area contributed by atoms with Gasteiger partial charge in [-0.15, -0.1) is 0 Å². The number of aliphatic hydroxyl groups is 1. The van der Waals surface area contributed by atoms with E-state index in [1.807, 2.05) is 7.05 Å². The molecule has 7 heteroatoms. The number of hydrogen-bond acceptors (Lipinski definition) is 6. The van der Waals surface area contributed by atoms with Crippen LogP contribution in [-0.2, 0) is 4.74 Å². The smallest absolute Gasteiger partial charge is 0.123 e. The Bertz CT molecular complexity index is 700. The quantitative estimate of drug-likeness (QED) is 0.811. The van der Waals surface area contributed by atoms with Crippen molar-refractivity contribution in [2.75, 3.05) is 33.4 Å². The molecule has 1 unspecified atom stereocenters. The minimum atomic E-state index is -0.530. The summed E-state index contributed by atoms with van der Waals surface area (Å²) in [7, 11) is 2.00. The fourth-order valence-corrected chi connectivity index (χ4v) is 3.29. The van der Waals surface area contributed by atoms with E-state index in [2.05, 4.69) is 27.1 Å². The number of ether oxygens (including phenoxy) is 1. The molecule has 1 aromatic heterocycles. The van der Waals surface area contributed by atoms with E-state index in [9.17, 15) is 9.50 Å². The minimum absolute atomic E-state index is 0.0303. The Balaban J connectivity index is 1.85. The summed E-state index contributed by atoms with van der Waals surface area (Å²) in [5.74, 6) is -0.285. The maximum absolute atomic E-state index is 13.3. The van der Waals surface area contributed by atoms with Gasteiger partial charge in [-0.3, -0.25) is 14.9 Å². The van der Waals surface area contributed by atoms with Crippen molar-refractivity contribution in [3.8, 4) is 0 Å². The van der Waals surface area contributed by atoms with Crippen molar-refractivity contribution in [1.82, 2.24) is 20.2 Å². The summed E-state index contributed by atoms with van der Waals surface area (Å²) in [5, 5.41) is 13.6. The number of nitrogens with one attached hydrogen (secondary N) is 1. The van der Waals surface area contributed by atoms with Crippen LogP contribution in [0.15, 0.2) is 42.9 Å². The first kappa shape index (κ1) is 18.8. The van der Waals surface area contributed by atoms with Gasteiger partial charge in [0.2, 0.25) is 0 Å². The van der Waals surface area contributed by atoms with E-state index in [0.717, 1.165) is 11.3 Å². The molecule has 1 aliphatic heterocycles. The van der Waals surface area contributed by atoms with E-state index in [0.29, 0.717) is 19.8 Å². The van der Waals surface area contributed by atoms with E-state index < -0.39 is 5.54 Å². The predicted octanol–water partition coefficient (Wildman–Crippen LogP) is 1.38. The summed E-state index contributed by atoms with van der Waals surface area (Å²) in [4.78, 5) is 10.7. The molecule has 3 rings (SSSR count). The zero-order valence-corrected chi connectivity index (χ0v) is 15.1. The van der Waals surface area contributed by atoms with E-state index >= 15 is 0 Å². The number of halogens is 1. The third-order valence-electron chi connectivity index (χ3n) is 5.15. The molecular formula is C19H25FN4O2. The Morgan fingerprint density at radius 1 is 1.38 bits per heavy atom. The van der Waals surface area contributed by atoms with Crippen LogP contribution in [0.5, 0.6) is 0 Å². The first-order valence-electron chi connectivity index (χ1n) is 8.72. The fraction of sp³-hybridized carbons (Fsp3) is 0.474. The number of rotatable bonds is 6. The molecule has 0 amide bonds. The van der Waals surface area contributed by atoms with Crippen LogP contribution < -0.4 is 5.32 Å². The molecule has 0 spiro atoms. The number of aliphatic hydroxyl groups excluding tert-OH is 1. The molecule has 1 fully saturated rings. The zero-order valence-electron chi connectivity index (χ0n) is 15.1. The monoisotopic (exact) mass is 360 g/mol. The molecule has 26 heavy (non-hydrogen) atoms. The summed E-state index contributed by atoms with van der Waals surface area (Å²) in [6, 6.07) is 6.27. The van der Waals surface area contributed by atoms with Crippen LogP contribution in [0.2, 0.25) is 0 Å². The Hall–Kier alpha value is -1.93. The van der Waals surface area contributed by atoms with Crippen LogP contribution in [0.1, 0.15) is 24.2 Å². The van der Waals surface area contributed by atoms with Crippen molar-refractivity contribution in [3.05, 3.63) is 59.9 Å². The van der Waals surface area contributed by atoms with Crippen molar-refractivity contribution in [1.29, 1.82) is 0 Å². The molecule has 6 nitrogen and oxygen atoms in total. The molecule has 0 radical (unpaired) electrons. The Kier molecular flexibility index (Phi) is 5.93. The standard InChI is InChI=1S/C19H25FN4O2/c1-14-10-26-13-19(12-25,24(14)2)11-23-18(17-9-21-7-8-22-17)15-3-5-16(20)6-4-15/h3-9,14,18,23,25H,10-13H2,1-2H3/t14-,18?,19+/m1/s1. The van der Waals surface area contributed by atoms with Crippen molar-refractivity contribution >= 4 is 0 Å². The van der Waals surface area contributed by atoms with Gasteiger partial charge in [-0.1, -0.05) is 12.1 Å². The molecule has 0 aliphatic carbocycles. The Labute approximate surface area is 153 Å². The van der Waals surface area contributed by atoms with Gasteiger partial charge in [-0.2, -0.15) is 0 Å². The van der Waals surface area contributed by atoms with Crippen molar-refractivity contribution in [2.24, 2.45) is 0 Å². The maximum atomic E-state index is 13.3. The largest absolute Gasteiger partial charge is 0.394 e. The van der Waals surface area contributed by atoms with E-state index in [4.69, 9.17) is 4.74 Å². The molecule has 2 N–H and O–H groups in total. The second kappa shape index (κ2) is 8.18. The van der Waals surface area contributed by atoms with Crippen molar-refractivity contribution in [2.45, 2.75) is 24.5 Å². The highest BCUT2D eigenvalue weighted by Gasteiger charge is 2.40. The lowest BCUT2D eigenvalue weighted by Crippen LogP contribution is -2.65. The number of hydrogen-bond donors (Lipinski definition) is 2. The molecule has 2 heterocycles. The van der Waals surface area contributed by atoms with Crippen LogP contribution >= 0.6 is 0 Å². The van der Waals surface area contributed by atoms with Crippen LogP contribution in [0.3, 0.4) is 0 Å². The maximum Gasteiger partial charge on any atom is 0.123 e.